The van der Waals surface area contributed by atoms with Crippen LogP contribution in [0.4, 0.5) is 5.69 Å². The molecule has 1 saturated heterocycles. The molecule has 1 fully saturated rings. The van der Waals surface area contributed by atoms with Crippen LogP contribution in [0, 0.1) is 24.0 Å². The molecule has 3 rings (SSSR count). The Hall–Kier alpha value is -2.33. The quantitative estimate of drug-likeness (QED) is 0.659. The summed E-state index contributed by atoms with van der Waals surface area (Å²) in [7, 11) is -3.76. The first-order valence-corrected chi connectivity index (χ1v) is 8.37. The van der Waals surface area contributed by atoms with Crippen LogP contribution in [0.3, 0.4) is 0 Å². The van der Waals surface area contributed by atoms with Crippen molar-refractivity contribution in [1.29, 1.82) is 0 Å². The van der Waals surface area contributed by atoms with Crippen molar-refractivity contribution in [2.24, 2.45) is 0 Å². The number of nitro groups is 1. The van der Waals surface area contributed by atoms with Gasteiger partial charge in [-0.25, -0.2) is 13.4 Å². The minimum absolute atomic E-state index is 0.0312. The van der Waals surface area contributed by atoms with Gasteiger partial charge in [-0.15, -0.1) is 0 Å². The van der Waals surface area contributed by atoms with Gasteiger partial charge < -0.3 is 0 Å². The number of hydrogen-bond acceptors (Lipinski definition) is 6. The highest BCUT2D eigenvalue weighted by Crippen LogP contribution is 2.33. The van der Waals surface area contributed by atoms with Gasteiger partial charge in [0.25, 0.3) is 5.69 Å². The molecule has 0 radical (unpaired) electrons. The molecule has 0 saturated carbocycles. The Kier molecular flexibility index (Phi) is 3.65. The van der Waals surface area contributed by atoms with Gasteiger partial charge >= 0.3 is 0 Å². The summed E-state index contributed by atoms with van der Waals surface area (Å²) in [4.78, 5) is 14.6. The van der Waals surface area contributed by atoms with Gasteiger partial charge in [0.2, 0.25) is 10.0 Å². The summed E-state index contributed by atoms with van der Waals surface area (Å²) in [6, 6.07) is 4.07. The Morgan fingerprint density at radius 1 is 1.35 bits per heavy atom. The van der Waals surface area contributed by atoms with E-state index in [1.54, 1.807) is 6.92 Å². The normalized spacial score (nSPS) is 16.3. The lowest BCUT2D eigenvalue weighted by atomic mass is 10.0. The van der Waals surface area contributed by atoms with E-state index in [1.165, 1.54) is 29.4 Å². The number of sulfonamides is 1. The van der Waals surface area contributed by atoms with Crippen LogP contribution in [-0.4, -0.2) is 45.9 Å². The number of H-pyrrole nitrogens is 1. The van der Waals surface area contributed by atoms with Crippen LogP contribution in [0.1, 0.15) is 23.1 Å². The van der Waals surface area contributed by atoms with Crippen molar-refractivity contribution in [3.05, 3.63) is 45.5 Å². The molecule has 1 N–H and O–H groups in total. The summed E-state index contributed by atoms with van der Waals surface area (Å²) in [6.45, 7) is 3.75. The van der Waals surface area contributed by atoms with Crippen LogP contribution in [0.5, 0.6) is 0 Å². The molecule has 1 aromatic heterocycles. The molecule has 0 unspecified atom stereocenters. The third kappa shape index (κ3) is 2.59. The molecule has 0 atom stereocenters. The number of aryl methyl sites for hydroxylation is 1. The SMILES string of the molecule is Cc1nc(C2CN(S(=O)(=O)c3cccc([N+](=O)[O-])c3C)C2)n[nH]1. The number of nitro benzene ring substituents is 1. The Labute approximate surface area is 132 Å². The Morgan fingerprint density at radius 2 is 2.04 bits per heavy atom. The average Bonchev–Trinajstić information content (AvgIpc) is 2.82. The molecule has 23 heavy (non-hydrogen) atoms. The lowest BCUT2D eigenvalue weighted by molar-refractivity contribution is -0.385. The molecule has 0 amide bonds. The number of nitrogens with one attached hydrogen (secondary N) is 1. The van der Waals surface area contributed by atoms with Gasteiger partial charge in [-0.3, -0.25) is 15.2 Å². The fraction of sp³-hybridized carbons (Fsp3) is 0.385. The zero-order chi connectivity index (χ0) is 16.8. The van der Waals surface area contributed by atoms with Crippen molar-refractivity contribution in [1.82, 2.24) is 19.5 Å². The predicted molar refractivity (Wildman–Crippen MR) is 80.5 cm³/mol. The van der Waals surface area contributed by atoms with Crippen molar-refractivity contribution in [2.75, 3.05) is 13.1 Å². The van der Waals surface area contributed by atoms with E-state index in [0.29, 0.717) is 11.6 Å². The van der Waals surface area contributed by atoms with Gasteiger partial charge in [-0.2, -0.15) is 9.40 Å². The first kappa shape index (κ1) is 15.6. The van der Waals surface area contributed by atoms with Gasteiger partial charge in [0.1, 0.15) is 5.82 Å². The molecule has 0 spiro atoms. The molecule has 2 aromatic rings. The van der Waals surface area contributed by atoms with Crippen LogP contribution < -0.4 is 0 Å². The fourth-order valence-corrected chi connectivity index (χ4v) is 4.33. The fourth-order valence-electron chi connectivity index (χ4n) is 2.56. The van der Waals surface area contributed by atoms with Crippen molar-refractivity contribution < 1.29 is 13.3 Å². The average molecular weight is 337 g/mol. The van der Waals surface area contributed by atoms with E-state index in [0.717, 1.165) is 0 Å². The first-order chi connectivity index (χ1) is 10.8. The van der Waals surface area contributed by atoms with E-state index in [2.05, 4.69) is 15.2 Å². The summed E-state index contributed by atoms with van der Waals surface area (Å²) in [5, 5.41) is 17.7. The molecule has 1 aliphatic heterocycles. The summed E-state index contributed by atoms with van der Waals surface area (Å²) in [5.41, 5.74) is -0.0533. The third-order valence-corrected chi connectivity index (χ3v) is 5.87. The topological polar surface area (TPSA) is 122 Å². The lowest BCUT2D eigenvalue weighted by Crippen LogP contribution is -2.48. The summed E-state index contributed by atoms with van der Waals surface area (Å²) in [6.07, 6.45) is 0. The Bertz CT molecular complexity index is 870. The Morgan fingerprint density at radius 3 is 2.61 bits per heavy atom. The highest BCUT2D eigenvalue weighted by Gasteiger charge is 2.40. The monoisotopic (exact) mass is 337 g/mol. The molecular weight excluding hydrogens is 322 g/mol. The number of aromatic amines is 1. The second-order valence-electron chi connectivity index (χ2n) is 5.46. The standard InChI is InChI=1S/C13H15N5O4S/c1-8-11(18(19)20)4-3-5-12(8)23(21,22)17-6-10(7-17)13-14-9(2)15-16-13/h3-5,10H,6-7H2,1-2H3,(H,14,15,16). The molecule has 0 aliphatic carbocycles. The smallest absolute Gasteiger partial charge is 0.263 e. The van der Waals surface area contributed by atoms with Crippen molar-refractivity contribution in [3.8, 4) is 0 Å². The Balaban J connectivity index is 1.84. The van der Waals surface area contributed by atoms with E-state index >= 15 is 0 Å². The largest absolute Gasteiger partial charge is 0.273 e. The van der Waals surface area contributed by atoms with Crippen molar-refractivity contribution >= 4 is 15.7 Å². The van der Waals surface area contributed by atoms with Crippen LogP contribution in [-0.2, 0) is 10.0 Å². The van der Waals surface area contributed by atoms with Crippen molar-refractivity contribution in [2.45, 2.75) is 24.7 Å². The molecular formula is C13H15N5O4S. The zero-order valence-electron chi connectivity index (χ0n) is 12.6. The maximum absolute atomic E-state index is 12.6. The van der Waals surface area contributed by atoms with E-state index in [1.807, 2.05) is 0 Å². The maximum atomic E-state index is 12.6. The van der Waals surface area contributed by atoms with Crippen LogP contribution >= 0.6 is 0 Å². The molecule has 10 heteroatoms. The van der Waals surface area contributed by atoms with Gasteiger partial charge in [-0.1, -0.05) is 6.07 Å². The van der Waals surface area contributed by atoms with E-state index in [9.17, 15) is 18.5 Å². The summed E-state index contributed by atoms with van der Waals surface area (Å²) in [5.74, 6) is 1.20. The summed E-state index contributed by atoms with van der Waals surface area (Å²) >= 11 is 0. The highest BCUT2D eigenvalue weighted by atomic mass is 32.2. The van der Waals surface area contributed by atoms with E-state index in [4.69, 9.17) is 0 Å². The van der Waals surface area contributed by atoms with E-state index in [-0.39, 0.29) is 35.2 Å². The zero-order valence-corrected chi connectivity index (χ0v) is 13.4. The molecule has 1 aliphatic rings. The molecule has 0 bridgehead atoms. The highest BCUT2D eigenvalue weighted by molar-refractivity contribution is 7.89. The van der Waals surface area contributed by atoms with Gasteiger partial charge in [0.05, 0.1) is 9.82 Å². The molecule has 9 nitrogen and oxygen atoms in total. The molecule has 2 heterocycles. The lowest BCUT2D eigenvalue weighted by Gasteiger charge is -2.36. The molecule has 1 aromatic carbocycles. The summed E-state index contributed by atoms with van der Waals surface area (Å²) < 4.78 is 26.6. The predicted octanol–water partition coefficient (Wildman–Crippen LogP) is 1.12. The second kappa shape index (κ2) is 5.39. The number of benzene rings is 1. The number of rotatable bonds is 4. The van der Waals surface area contributed by atoms with Gasteiger partial charge in [-0.05, 0) is 19.9 Å². The number of nitrogens with zero attached hydrogens (tertiary/aromatic N) is 4. The van der Waals surface area contributed by atoms with E-state index < -0.39 is 14.9 Å². The minimum Gasteiger partial charge on any atom is -0.263 e. The van der Waals surface area contributed by atoms with Crippen LogP contribution in [0.15, 0.2) is 23.1 Å². The maximum Gasteiger partial charge on any atom is 0.273 e. The van der Waals surface area contributed by atoms with Crippen LogP contribution in [0.2, 0.25) is 0 Å². The van der Waals surface area contributed by atoms with Gasteiger partial charge in [0.15, 0.2) is 5.82 Å². The first-order valence-electron chi connectivity index (χ1n) is 6.93. The second-order valence-corrected chi connectivity index (χ2v) is 7.36. The van der Waals surface area contributed by atoms with Crippen molar-refractivity contribution in [3.63, 3.8) is 0 Å². The van der Waals surface area contributed by atoms with Gasteiger partial charge in [0, 0.05) is 30.6 Å². The third-order valence-electron chi connectivity index (χ3n) is 3.90. The number of hydrogen-bond donors (Lipinski definition) is 1. The number of aromatic nitrogens is 3. The van der Waals surface area contributed by atoms with Crippen LogP contribution in [0.25, 0.3) is 0 Å². The minimum atomic E-state index is -3.76. The molecule has 122 valence electrons.